The molecule has 0 fully saturated rings. The smallest absolute Gasteiger partial charge is 0.0207 e. The molecule has 78 valence electrons. The molecule has 0 aromatic carbocycles. The molecule has 0 heterocycles. The lowest BCUT2D eigenvalue weighted by Gasteiger charge is -2.19. The molecule has 0 spiro atoms. The quantitative estimate of drug-likeness (QED) is 0.378. The third kappa shape index (κ3) is 5.94. The molecule has 0 amide bonds. The lowest BCUT2D eigenvalue weighted by Crippen LogP contribution is -2.10. The number of allylic oxidation sites excluding steroid dienone is 2. The molecular formula is C12H20NP. The van der Waals surface area contributed by atoms with Gasteiger partial charge in [0.05, 0.1) is 0 Å². The molecule has 0 aliphatic rings. The second-order valence-electron chi connectivity index (χ2n) is 3.14. The van der Waals surface area contributed by atoms with Crippen molar-refractivity contribution in [2.45, 2.75) is 13.8 Å². The van der Waals surface area contributed by atoms with Crippen molar-refractivity contribution in [1.82, 2.24) is 4.67 Å². The normalized spacial score (nSPS) is 13.4. The maximum atomic E-state index is 3.80. The predicted octanol–water partition coefficient (Wildman–Crippen LogP) is 3.77. The summed E-state index contributed by atoms with van der Waals surface area (Å²) in [6.45, 7) is 11.0. The van der Waals surface area contributed by atoms with Crippen molar-refractivity contribution in [3.8, 4) is 0 Å². The first kappa shape index (κ1) is 13.4. The lowest BCUT2D eigenvalue weighted by molar-refractivity contribution is 0.619. The van der Waals surface area contributed by atoms with Crippen molar-refractivity contribution in [2.24, 2.45) is 0 Å². The van der Waals surface area contributed by atoms with E-state index >= 15 is 0 Å². The number of rotatable bonds is 5. The number of nitrogens with zero attached hydrogens (tertiary/aromatic N) is 1. The van der Waals surface area contributed by atoms with Crippen molar-refractivity contribution in [1.29, 1.82) is 0 Å². The monoisotopic (exact) mass is 209 g/mol. The minimum atomic E-state index is -0.173. The van der Waals surface area contributed by atoms with Crippen molar-refractivity contribution in [2.75, 3.05) is 20.3 Å². The zero-order valence-corrected chi connectivity index (χ0v) is 10.5. The van der Waals surface area contributed by atoms with Gasteiger partial charge in [-0.3, -0.25) is 4.67 Å². The first-order chi connectivity index (χ1) is 6.61. The van der Waals surface area contributed by atoms with Gasteiger partial charge in [0.15, 0.2) is 0 Å². The van der Waals surface area contributed by atoms with Gasteiger partial charge in [-0.2, -0.15) is 0 Å². The minimum absolute atomic E-state index is 0.173. The van der Waals surface area contributed by atoms with E-state index in [1.807, 2.05) is 24.9 Å². The van der Waals surface area contributed by atoms with Crippen LogP contribution in [0.25, 0.3) is 0 Å². The molecule has 0 aromatic rings. The van der Waals surface area contributed by atoms with E-state index in [1.54, 1.807) is 0 Å². The van der Waals surface area contributed by atoms with E-state index in [-0.39, 0.29) is 8.07 Å². The average Bonchev–Trinajstić information content (AvgIpc) is 2.21. The summed E-state index contributed by atoms with van der Waals surface area (Å²) in [4.78, 5) is 0. The molecule has 14 heavy (non-hydrogen) atoms. The van der Waals surface area contributed by atoms with Gasteiger partial charge in [0.25, 0.3) is 0 Å². The fourth-order valence-corrected chi connectivity index (χ4v) is 1.44. The summed E-state index contributed by atoms with van der Waals surface area (Å²) < 4.78 is 2.30. The molecule has 0 bridgehead atoms. The summed E-state index contributed by atoms with van der Waals surface area (Å²) in [6.07, 6.45) is 6.12. The number of likely N-dealkylation sites (N-methyl/N-ethyl adjacent to an activating group) is 1. The van der Waals surface area contributed by atoms with Gasteiger partial charge in [0.2, 0.25) is 0 Å². The molecule has 0 aromatic heterocycles. The van der Waals surface area contributed by atoms with Gasteiger partial charge in [0.1, 0.15) is 0 Å². The molecule has 0 saturated heterocycles. The summed E-state index contributed by atoms with van der Waals surface area (Å²) in [6, 6.07) is 0. The van der Waals surface area contributed by atoms with E-state index in [0.29, 0.717) is 0 Å². The second kappa shape index (κ2) is 7.76. The fraction of sp³-hybridized carbons (Fsp3) is 0.417. The Labute approximate surface area is 89.3 Å². The van der Waals surface area contributed by atoms with Crippen LogP contribution >= 0.6 is 8.07 Å². The van der Waals surface area contributed by atoms with E-state index < -0.39 is 0 Å². The van der Waals surface area contributed by atoms with Crippen LogP contribution in [0.15, 0.2) is 41.9 Å². The molecule has 1 unspecified atom stereocenters. The zero-order valence-electron chi connectivity index (χ0n) is 9.62. The van der Waals surface area contributed by atoms with Crippen LogP contribution in [0, 0.1) is 0 Å². The number of hydrogen-bond donors (Lipinski definition) is 0. The van der Waals surface area contributed by atoms with Gasteiger partial charge in [-0.05, 0) is 53.4 Å². The third-order valence-corrected chi connectivity index (χ3v) is 3.73. The van der Waals surface area contributed by atoms with Crippen LogP contribution in [-0.4, -0.2) is 24.9 Å². The molecule has 2 heteroatoms. The molecule has 1 atom stereocenters. The first-order valence-corrected chi connectivity index (χ1v) is 6.53. The van der Waals surface area contributed by atoms with Crippen molar-refractivity contribution in [3.05, 3.63) is 41.9 Å². The predicted molar refractivity (Wildman–Crippen MR) is 67.8 cm³/mol. The van der Waals surface area contributed by atoms with E-state index in [0.717, 1.165) is 6.54 Å². The Morgan fingerprint density at radius 2 is 2.21 bits per heavy atom. The van der Waals surface area contributed by atoms with Crippen LogP contribution in [0.2, 0.25) is 0 Å². The van der Waals surface area contributed by atoms with Crippen LogP contribution in [-0.2, 0) is 0 Å². The summed E-state index contributed by atoms with van der Waals surface area (Å²) in [5.41, 5.74) is 4.32. The summed E-state index contributed by atoms with van der Waals surface area (Å²) in [5, 5.41) is 0. The van der Waals surface area contributed by atoms with Gasteiger partial charge in [-0.25, -0.2) is 0 Å². The fourth-order valence-electron chi connectivity index (χ4n) is 0.818. The Bertz CT molecular complexity index is 259. The van der Waals surface area contributed by atoms with Crippen molar-refractivity contribution >= 4 is 8.07 Å². The summed E-state index contributed by atoms with van der Waals surface area (Å²) in [5.74, 6) is 2.01. The Balaban J connectivity index is 4.14. The van der Waals surface area contributed by atoms with Gasteiger partial charge >= 0.3 is 0 Å². The van der Waals surface area contributed by atoms with Gasteiger partial charge < -0.3 is 0 Å². The van der Waals surface area contributed by atoms with E-state index in [1.165, 1.54) is 5.57 Å². The van der Waals surface area contributed by atoms with Crippen molar-refractivity contribution < 1.29 is 0 Å². The van der Waals surface area contributed by atoms with Crippen LogP contribution in [0.4, 0.5) is 0 Å². The SMILES string of the molecule is C=CP(C)N(C)C/C=C(/C)C=C=CC. The maximum absolute atomic E-state index is 3.80. The molecule has 1 nitrogen and oxygen atoms in total. The summed E-state index contributed by atoms with van der Waals surface area (Å²) >= 11 is 0. The van der Waals surface area contributed by atoms with Gasteiger partial charge in [-0.15, -0.1) is 5.73 Å². The van der Waals surface area contributed by atoms with Crippen LogP contribution in [0.1, 0.15) is 13.8 Å². The Hall–Kier alpha value is -0.610. The molecule has 0 aliphatic heterocycles. The zero-order chi connectivity index (χ0) is 11.0. The van der Waals surface area contributed by atoms with Crippen LogP contribution < -0.4 is 0 Å². The van der Waals surface area contributed by atoms with Crippen LogP contribution in [0.3, 0.4) is 0 Å². The molecule has 0 saturated carbocycles. The average molecular weight is 209 g/mol. The largest absolute Gasteiger partial charge is 0.278 e. The standard InChI is InChI=1S/C12H20NP/c1-6-8-9-12(3)10-11-13(4)14(5)7-2/h6-7,9-10H,2,11H2,1,3-5H3/b12-10-. The van der Waals surface area contributed by atoms with Crippen molar-refractivity contribution in [3.63, 3.8) is 0 Å². The molecule has 0 aliphatic carbocycles. The molecular weight excluding hydrogens is 189 g/mol. The minimum Gasteiger partial charge on any atom is -0.278 e. The van der Waals surface area contributed by atoms with E-state index in [4.69, 9.17) is 0 Å². The molecule has 0 rings (SSSR count). The maximum Gasteiger partial charge on any atom is 0.0207 e. The Morgan fingerprint density at radius 1 is 1.57 bits per heavy atom. The highest BCUT2D eigenvalue weighted by Crippen LogP contribution is 2.34. The number of hydrogen-bond acceptors (Lipinski definition) is 1. The lowest BCUT2D eigenvalue weighted by atomic mass is 10.3. The molecule has 0 N–H and O–H groups in total. The highest BCUT2D eigenvalue weighted by molar-refractivity contribution is 7.57. The summed E-state index contributed by atoms with van der Waals surface area (Å²) in [7, 11) is 1.95. The Morgan fingerprint density at radius 3 is 2.71 bits per heavy atom. The highest BCUT2D eigenvalue weighted by Gasteiger charge is 2.01. The van der Waals surface area contributed by atoms with Crippen LogP contribution in [0.5, 0.6) is 0 Å². The second-order valence-corrected chi connectivity index (χ2v) is 5.34. The van der Waals surface area contributed by atoms with Gasteiger partial charge in [0, 0.05) is 6.54 Å². The molecule has 0 radical (unpaired) electrons. The van der Waals surface area contributed by atoms with E-state index in [2.05, 4.69) is 43.7 Å². The Kier molecular flexibility index (Phi) is 7.42. The topological polar surface area (TPSA) is 3.24 Å². The first-order valence-electron chi connectivity index (χ1n) is 4.72. The third-order valence-electron chi connectivity index (χ3n) is 1.96. The highest BCUT2D eigenvalue weighted by atomic mass is 31.1. The van der Waals surface area contributed by atoms with Gasteiger partial charge in [-0.1, -0.05) is 18.5 Å². The van der Waals surface area contributed by atoms with E-state index in [9.17, 15) is 0 Å².